The number of nitrogens with zero attached hydrogens (tertiary/aromatic N) is 1. The van der Waals surface area contributed by atoms with Gasteiger partial charge in [0.25, 0.3) is 0 Å². The fourth-order valence-electron chi connectivity index (χ4n) is 2.60. The first-order chi connectivity index (χ1) is 9.41. The number of hydrogen-bond donors (Lipinski definition) is 1. The molecule has 1 fully saturated rings. The molecule has 0 bridgehead atoms. The van der Waals surface area contributed by atoms with Crippen molar-refractivity contribution in [1.82, 2.24) is 4.90 Å². The predicted octanol–water partition coefficient (Wildman–Crippen LogP) is 1.39. The van der Waals surface area contributed by atoms with Crippen LogP contribution in [0.4, 0.5) is 0 Å². The highest BCUT2D eigenvalue weighted by Crippen LogP contribution is 2.20. The third-order valence-electron chi connectivity index (χ3n) is 3.69. The number of carboxylic acid groups (broad SMARTS) is 1. The second-order valence-corrected chi connectivity index (χ2v) is 7.35. The minimum atomic E-state index is -2.90. The van der Waals surface area contributed by atoms with E-state index in [1.165, 1.54) is 0 Å². The molecule has 1 aromatic rings. The van der Waals surface area contributed by atoms with Crippen LogP contribution in [0.15, 0.2) is 24.3 Å². The molecular weight excluding hydrogens is 278 g/mol. The van der Waals surface area contributed by atoms with Gasteiger partial charge < -0.3 is 5.11 Å². The van der Waals surface area contributed by atoms with Crippen LogP contribution in [-0.2, 0) is 16.4 Å². The first-order valence-corrected chi connectivity index (χ1v) is 8.50. The van der Waals surface area contributed by atoms with E-state index in [4.69, 9.17) is 5.11 Å². The summed E-state index contributed by atoms with van der Waals surface area (Å²) in [6, 6.07) is 6.84. The highest BCUT2D eigenvalue weighted by molar-refractivity contribution is 7.91. The Hall–Kier alpha value is -1.40. The van der Waals surface area contributed by atoms with E-state index in [0.717, 1.165) is 12.1 Å². The first kappa shape index (κ1) is 15.0. The van der Waals surface area contributed by atoms with Crippen LogP contribution >= 0.6 is 0 Å². The quantitative estimate of drug-likeness (QED) is 0.889. The second kappa shape index (κ2) is 5.93. The minimum Gasteiger partial charge on any atom is -0.478 e. The number of benzene rings is 1. The zero-order chi connectivity index (χ0) is 14.8. The highest BCUT2D eigenvalue weighted by Gasteiger charge is 2.31. The Bertz CT molecular complexity index is 597. The van der Waals surface area contributed by atoms with Crippen LogP contribution in [0.1, 0.15) is 29.3 Å². The zero-order valence-corrected chi connectivity index (χ0v) is 12.3. The van der Waals surface area contributed by atoms with Crippen molar-refractivity contribution in [2.45, 2.75) is 25.9 Å². The molecule has 5 nitrogen and oxygen atoms in total. The van der Waals surface area contributed by atoms with E-state index in [9.17, 15) is 13.2 Å². The van der Waals surface area contributed by atoms with Crippen molar-refractivity contribution in [2.75, 3.05) is 18.1 Å². The van der Waals surface area contributed by atoms with Crippen LogP contribution in [0.3, 0.4) is 0 Å². The maximum Gasteiger partial charge on any atom is 0.335 e. The van der Waals surface area contributed by atoms with E-state index in [0.29, 0.717) is 13.0 Å². The summed E-state index contributed by atoms with van der Waals surface area (Å²) in [5.41, 5.74) is 1.16. The molecule has 0 saturated carbocycles. The molecular formula is C14H19NO4S. The molecule has 0 amide bonds. The van der Waals surface area contributed by atoms with Crippen molar-refractivity contribution in [2.24, 2.45) is 0 Å². The van der Waals surface area contributed by atoms with Gasteiger partial charge in [0.05, 0.1) is 17.1 Å². The number of carbonyl (C=O) groups is 1. The van der Waals surface area contributed by atoms with Crippen LogP contribution in [0.25, 0.3) is 0 Å². The van der Waals surface area contributed by atoms with Gasteiger partial charge in [-0.15, -0.1) is 0 Å². The summed E-state index contributed by atoms with van der Waals surface area (Å²) in [5, 5.41) is 8.99. The molecule has 1 atom stereocenters. The van der Waals surface area contributed by atoms with Crippen molar-refractivity contribution in [3.8, 4) is 0 Å². The van der Waals surface area contributed by atoms with Crippen molar-refractivity contribution >= 4 is 15.8 Å². The van der Waals surface area contributed by atoms with E-state index in [1.807, 2.05) is 13.0 Å². The van der Waals surface area contributed by atoms with Gasteiger partial charge in [0, 0.05) is 12.6 Å². The predicted molar refractivity (Wildman–Crippen MR) is 76.5 cm³/mol. The fraction of sp³-hybridized carbons (Fsp3) is 0.500. The zero-order valence-electron chi connectivity index (χ0n) is 11.4. The van der Waals surface area contributed by atoms with Gasteiger partial charge >= 0.3 is 5.97 Å². The normalized spacial score (nSPS) is 21.2. The SMILES string of the molecule is CCN(Cc1cccc(C(=O)O)c1)C1CCS(=O)(=O)C1. The molecule has 1 N–H and O–H groups in total. The molecule has 6 heteroatoms. The number of sulfone groups is 1. The van der Waals surface area contributed by atoms with Gasteiger partial charge in [-0.1, -0.05) is 19.1 Å². The summed E-state index contributed by atoms with van der Waals surface area (Å²) in [6.45, 7) is 3.32. The summed E-state index contributed by atoms with van der Waals surface area (Å²) in [4.78, 5) is 13.1. The van der Waals surface area contributed by atoms with E-state index in [2.05, 4.69) is 4.90 Å². The fourth-order valence-corrected chi connectivity index (χ4v) is 4.36. The molecule has 0 aliphatic carbocycles. The maximum atomic E-state index is 11.6. The Labute approximate surface area is 119 Å². The molecule has 1 saturated heterocycles. The van der Waals surface area contributed by atoms with E-state index >= 15 is 0 Å². The number of aromatic carboxylic acids is 1. The summed E-state index contributed by atoms with van der Waals surface area (Å²) in [6.07, 6.45) is 0.662. The van der Waals surface area contributed by atoms with Crippen LogP contribution in [-0.4, -0.2) is 48.5 Å². The number of carboxylic acids is 1. The molecule has 110 valence electrons. The van der Waals surface area contributed by atoms with Gasteiger partial charge in [0.1, 0.15) is 0 Å². The third kappa shape index (κ3) is 3.58. The number of hydrogen-bond acceptors (Lipinski definition) is 4. The smallest absolute Gasteiger partial charge is 0.335 e. The van der Waals surface area contributed by atoms with Crippen molar-refractivity contribution in [3.05, 3.63) is 35.4 Å². The average Bonchev–Trinajstić information content (AvgIpc) is 2.76. The number of rotatable bonds is 5. The highest BCUT2D eigenvalue weighted by atomic mass is 32.2. The van der Waals surface area contributed by atoms with Gasteiger partial charge in [-0.05, 0) is 30.7 Å². The van der Waals surface area contributed by atoms with E-state index in [-0.39, 0.29) is 23.1 Å². The monoisotopic (exact) mass is 297 g/mol. The third-order valence-corrected chi connectivity index (χ3v) is 5.44. The van der Waals surface area contributed by atoms with Crippen LogP contribution in [0.2, 0.25) is 0 Å². The molecule has 1 heterocycles. The van der Waals surface area contributed by atoms with Gasteiger partial charge in [-0.25, -0.2) is 13.2 Å². The van der Waals surface area contributed by atoms with E-state index < -0.39 is 15.8 Å². The Morgan fingerprint density at radius 3 is 2.75 bits per heavy atom. The summed E-state index contributed by atoms with van der Waals surface area (Å²) in [7, 11) is -2.90. The summed E-state index contributed by atoms with van der Waals surface area (Å²) >= 11 is 0. The lowest BCUT2D eigenvalue weighted by atomic mass is 10.1. The standard InChI is InChI=1S/C14H19NO4S/c1-2-15(13-6-7-20(18,19)10-13)9-11-4-3-5-12(8-11)14(16)17/h3-5,8,13H,2,6-7,9-10H2,1H3,(H,16,17). The van der Waals surface area contributed by atoms with Crippen LogP contribution < -0.4 is 0 Å². The Balaban J connectivity index is 2.11. The Kier molecular flexibility index (Phi) is 4.45. The first-order valence-electron chi connectivity index (χ1n) is 6.68. The molecule has 20 heavy (non-hydrogen) atoms. The van der Waals surface area contributed by atoms with Crippen LogP contribution in [0, 0.1) is 0 Å². The molecule has 1 aliphatic rings. The van der Waals surface area contributed by atoms with Gasteiger partial charge in [0.15, 0.2) is 9.84 Å². The lowest BCUT2D eigenvalue weighted by Crippen LogP contribution is -2.35. The topological polar surface area (TPSA) is 74.7 Å². The van der Waals surface area contributed by atoms with Gasteiger partial charge in [0.2, 0.25) is 0 Å². The average molecular weight is 297 g/mol. The van der Waals surface area contributed by atoms with Gasteiger partial charge in [-0.3, -0.25) is 4.90 Å². The molecule has 1 aromatic carbocycles. The van der Waals surface area contributed by atoms with Crippen molar-refractivity contribution in [3.63, 3.8) is 0 Å². The Morgan fingerprint density at radius 1 is 1.45 bits per heavy atom. The van der Waals surface area contributed by atoms with Gasteiger partial charge in [-0.2, -0.15) is 0 Å². The summed E-state index contributed by atoms with van der Waals surface area (Å²) < 4.78 is 23.1. The summed E-state index contributed by atoms with van der Waals surface area (Å²) in [5.74, 6) is -0.485. The van der Waals surface area contributed by atoms with E-state index in [1.54, 1.807) is 18.2 Å². The second-order valence-electron chi connectivity index (χ2n) is 5.13. The molecule has 0 aromatic heterocycles. The lowest BCUT2D eigenvalue weighted by Gasteiger charge is -2.26. The van der Waals surface area contributed by atoms with Crippen molar-refractivity contribution in [1.29, 1.82) is 0 Å². The minimum absolute atomic E-state index is 0.0403. The van der Waals surface area contributed by atoms with Crippen molar-refractivity contribution < 1.29 is 18.3 Å². The lowest BCUT2D eigenvalue weighted by molar-refractivity contribution is 0.0696. The van der Waals surface area contributed by atoms with Crippen LogP contribution in [0.5, 0.6) is 0 Å². The largest absolute Gasteiger partial charge is 0.478 e. The molecule has 1 unspecified atom stereocenters. The molecule has 0 spiro atoms. The maximum absolute atomic E-state index is 11.6. The Morgan fingerprint density at radius 2 is 2.20 bits per heavy atom. The molecule has 2 rings (SSSR count). The molecule has 1 aliphatic heterocycles. The molecule has 0 radical (unpaired) electrons.